The highest BCUT2D eigenvalue weighted by Gasteiger charge is 2.22. The Morgan fingerprint density at radius 1 is 1.52 bits per heavy atom. The van der Waals surface area contributed by atoms with Gasteiger partial charge in [0, 0.05) is 18.3 Å². The summed E-state index contributed by atoms with van der Waals surface area (Å²) in [6, 6.07) is 0.969. The number of pyridine rings is 1. The number of rotatable bonds is 4. The van der Waals surface area contributed by atoms with Gasteiger partial charge in [0.25, 0.3) is 0 Å². The Morgan fingerprint density at radius 2 is 2.14 bits per heavy atom. The predicted octanol–water partition coefficient (Wildman–Crippen LogP) is 1.79. The number of nitrogens with zero attached hydrogens (tertiary/aromatic N) is 1. The van der Waals surface area contributed by atoms with Crippen LogP contribution < -0.4 is 5.32 Å². The van der Waals surface area contributed by atoms with Crippen LogP contribution in [-0.2, 0) is 4.74 Å². The fraction of sp³-hybridized carbons (Fsp3) is 0.538. The topological polar surface area (TPSA) is 91.7 Å². The quantitative estimate of drug-likeness (QED) is 0.736. The second kappa shape index (κ2) is 7.02. The Balaban J connectivity index is 2.56. The highest BCUT2D eigenvalue weighted by Crippen LogP contribution is 2.20. The van der Waals surface area contributed by atoms with Crippen LogP contribution in [0.5, 0.6) is 0 Å². The molecule has 1 rings (SSSR count). The van der Waals surface area contributed by atoms with Gasteiger partial charge in [0.05, 0.1) is 0 Å². The van der Waals surface area contributed by atoms with Crippen molar-refractivity contribution in [3.8, 4) is 0 Å². The number of ether oxygens (including phenoxy) is 1. The van der Waals surface area contributed by atoms with Gasteiger partial charge in [-0.3, -0.25) is 0 Å². The molecule has 1 aromatic heterocycles. The molecule has 1 aromatic rings. The maximum atomic E-state index is 13.2. The molecule has 0 saturated carbocycles. The lowest BCUT2D eigenvalue weighted by atomic mass is 10.1. The Labute approximate surface area is 126 Å². The lowest BCUT2D eigenvalue weighted by Gasteiger charge is -2.22. The van der Waals surface area contributed by atoms with E-state index in [9.17, 15) is 19.4 Å². The van der Waals surface area contributed by atoms with Crippen LogP contribution in [-0.4, -0.2) is 39.5 Å². The van der Waals surface area contributed by atoms with E-state index in [2.05, 4.69) is 10.3 Å². The van der Waals surface area contributed by atoms with Gasteiger partial charge >= 0.3 is 6.09 Å². The number of aromatic nitrogens is 1. The number of hydrogen-bond donors (Lipinski definition) is 3. The minimum Gasteiger partial charge on any atom is -0.444 e. The molecule has 6 nitrogen and oxygen atoms in total. The van der Waals surface area contributed by atoms with E-state index in [1.807, 2.05) is 0 Å². The van der Waals surface area contributed by atoms with E-state index in [-0.39, 0.29) is 17.3 Å². The molecule has 1 heterocycles. The molecule has 0 aliphatic carbocycles. The first-order valence-electron chi connectivity index (χ1n) is 6.24. The molecule has 0 saturated heterocycles. The van der Waals surface area contributed by atoms with Gasteiger partial charge in [-0.25, -0.2) is 14.2 Å². The average molecular weight is 321 g/mol. The molecular weight excluding hydrogens is 303 g/mol. The lowest BCUT2D eigenvalue weighted by molar-refractivity contribution is 0.0126. The van der Waals surface area contributed by atoms with Crippen molar-refractivity contribution in [1.82, 2.24) is 10.3 Å². The zero-order chi connectivity index (χ0) is 16.2. The summed E-state index contributed by atoms with van der Waals surface area (Å²) in [6.45, 7) is 4.82. The molecule has 0 aromatic carbocycles. The number of aliphatic hydroxyl groups is 2. The fourth-order valence-electron chi connectivity index (χ4n) is 1.43. The molecule has 0 fully saturated rings. The molecule has 2 atom stereocenters. The van der Waals surface area contributed by atoms with E-state index in [4.69, 9.17) is 16.3 Å². The predicted molar refractivity (Wildman–Crippen MR) is 74.4 cm³/mol. The number of aliphatic hydroxyl groups excluding tert-OH is 2. The van der Waals surface area contributed by atoms with Crippen molar-refractivity contribution >= 4 is 17.7 Å². The monoisotopic (exact) mass is 320 g/mol. The SMILES string of the molecule is CC(C)(C)OC(=O)NCC(O)C(O)c1cnc(Cl)c(F)c1. The molecule has 1 amide bonds. The van der Waals surface area contributed by atoms with Crippen molar-refractivity contribution in [3.63, 3.8) is 0 Å². The smallest absolute Gasteiger partial charge is 0.407 e. The first-order valence-corrected chi connectivity index (χ1v) is 6.62. The van der Waals surface area contributed by atoms with Gasteiger partial charge in [0.2, 0.25) is 0 Å². The van der Waals surface area contributed by atoms with Crippen LogP contribution in [0.1, 0.15) is 32.4 Å². The number of halogens is 2. The second-order valence-corrected chi connectivity index (χ2v) is 5.79. The minimum absolute atomic E-state index is 0.0513. The van der Waals surface area contributed by atoms with Crippen molar-refractivity contribution < 1.29 is 24.1 Å². The van der Waals surface area contributed by atoms with Crippen molar-refractivity contribution in [3.05, 3.63) is 28.8 Å². The summed E-state index contributed by atoms with van der Waals surface area (Å²) in [4.78, 5) is 14.9. The summed E-state index contributed by atoms with van der Waals surface area (Å²) in [5.41, 5.74) is -0.618. The summed E-state index contributed by atoms with van der Waals surface area (Å²) in [5.74, 6) is -0.805. The molecule has 118 valence electrons. The third-order valence-corrected chi connectivity index (χ3v) is 2.66. The Morgan fingerprint density at radius 3 is 2.67 bits per heavy atom. The number of amides is 1. The molecule has 8 heteroatoms. The molecule has 0 spiro atoms. The van der Waals surface area contributed by atoms with Crippen molar-refractivity contribution in [2.24, 2.45) is 0 Å². The molecule has 2 unspecified atom stereocenters. The molecule has 0 aliphatic heterocycles. The van der Waals surface area contributed by atoms with Crippen molar-refractivity contribution in [2.45, 2.75) is 38.6 Å². The van der Waals surface area contributed by atoms with E-state index in [0.29, 0.717) is 0 Å². The van der Waals surface area contributed by atoms with Gasteiger partial charge in [-0.2, -0.15) is 0 Å². The summed E-state index contributed by atoms with van der Waals surface area (Å²) in [7, 11) is 0. The highest BCUT2D eigenvalue weighted by atomic mass is 35.5. The summed E-state index contributed by atoms with van der Waals surface area (Å²) in [5, 5.41) is 21.6. The number of alkyl carbamates (subject to hydrolysis) is 1. The van der Waals surface area contributed by atoms with Crippen LogP contribution in [0, 0.1) is 5.82 Å². The Hall–Kier alpha value is -1.44. The average Bonchev–Trinajstić information content (AvgIpc) is 2.36. The van der Waals surface area contributed by atoms with Gasteiger partial charge in [-0.05, 0) is 26.8 Å². The zero-order valence-electron chi connectivity index (χ0n) is 11.9. The van der Waals surface area contributed by atoms with Crippen LogP contribution in [0.4, 0.5) is 9.18 Å². The molecule has 21 heavy (non-hydrogen) atoms. The van der Waals surface area contributed by atoms with Gasteiger partial charge in [0.15, 0.2) is 11.0 Å². The van der Waals surface area contributed by atoms with Crippen LogP contribution in [0.3, 0.4) is 0 Å². The van der Waals surface area contributed by atoms with E-state index in [0.717, 1.165) is 12.3 Å². The standard InChI is InChI=1S/C13H18ClFN2O4/c1-13(2,3)21-12(20)17-6-9(18)10(19)7-4-8(15)11(14)16-5-7/h4-5,9-10,18-19H,6H2,1-3H3,(H,17,20). The number of carbonyl (C=O) groups excluding carboxylic acids is 1. The van der Waals surface area contributed by atoms with Gasteiger partial charge in [-0.1, -0.05) is 11.6 Å². The van der Waals surface area contributed by atoms with Gasteiger partial charge < -0.3 is 20.3 Å². The summed E-state index contributed by atoms with van der Waals surface area (Å²) < 4.78 is 18.2. The molecular formula is C13H18ClFN2O4. The first kappa shape index (κ1) is 17.6. The van der Waals surface area contributed by atoms with E-state index in [1.54, 1.807) is 20.8 Å². The van der Waals surface area contributed by atoms with E-state index >= 15 is 0 Å². The molecule has 0 radical (unpaired) electrons. The third kappa shape index (κ3) is 5.82. The van der Waals surface area contributed by atoms with Crippen molar-refractivity contribution in [2.75, 3.05) is 6.54 Å². The van der Waals surface area contributed by atoms with Crippen LogP contribution in [0.15, 0.2) is 12.3 Å². The first-order chi connectivity index (χ1) is 9.60. The van der Waals surface area contributed by atoms with Gasteiger partial charge in [-0.15, -0.1) is 0 Å². The highest BCUT2D eigenvalue weighted by molar-refractivity contribution is 6.29. The third-order valence-electron chi connectivity index (χ3n) is 2.38. The number of hydrogen-bond acceptors (Lipinski definition) is 5. The summed E-state index contributed by atoms with van der Waals surface area (Å²) in [6.07, 6.45) is -2.35. The maximum absolute atomic E-state index is 13.2. The van der Waals surface area contributed by atoms with Crippen LogP contribution >= 0.6 is 11.6 Å². The zero-order valence-corrected chi connectivity index (χ0v) is 12.7. The Kier molecular flexibility index (Phi) is 5.88. The molecule has 0 bridgehead atoms. The van der Waals surface area contributed by atoms with E-state index in [1.165, 1.54) is 0 Å². The second-order valence-electron chi connectivity index (χ2n) is 5.44. The molecule has 0 aliphatic rings. The number of carbonyl (C=O) groups is 1. The van der Waals surface area contributed by atoms with E-state index < -0.39 is 29.7 Å². The largest absolute Gasteiger partial charge is 0.444 e. The van der Waals surface area contributed by atoms with Gasteiger partial charge in [0.1, 0.15) is 17.8 Å². The van der Waals surface area contributed by atoms with Crippen molar-refractivity contribution in [1.29, 1.82) is 0 Å². The minimum atomic E-state index is -1.42. The summed E-state index contributed by atoms with van der Waals surface area (Å²) >= 11 is 5.43. The molecule has 3 N–H and O–H groups in total. The normalized spacial score (nSPS) is 14.4. The van der Waals surface area contributed by atoms with Crippen LogP contribution in [0.2, 0.25) is 5.15 Å². The lowest BCUT2D eigenvalue weighted by Crippen LogP contribution is -2.38. The number of nitrogens with one attached hydrogen (secondary N) is 1. The fourth-order valence-corrected chi connectivity index (χ4v) is 1.54. The van der Waals surface area contributed by atoms with Crippen LogP contribution in [0.25, 0.3) is 0 Å². The maximum Gasteiger partial charge on any atom is 0.407 e. The Bertz CT molecular complexity index is 507.